The zero-order chi connectivity index (χ0) is 22.7. The van der Waals surface area contributed by atoms with Gasteiger partial charge in [-0.1, -0.05) is 0 Å². The summed E-state index contributed by atoms with van der Waals surface area (Å²) >= 11 is 1.35. The number of nitrogens with one attached hydrogen (secondary N) is 1. The summed E-state index contributed by atoms with van der Waals surface area (Å²) in [7, 11) is 3.12. The molecule has 1 aromatic carbocycles. The number of aryl methyl sites for hydroxylation is 1. The molecule has 1 amide bonds. The van der Waals surface area contributed by atoms with E-state index < -0.39 is 12.1 Å². The lowest BCUT2D eigenvalue weighted by Crippen LogP contribution is -2.39. The fourth-order valence-corrected chi connectivity index (χ4v) is 4.86. The molecule has 0 bridgehead atoms. The van der Waals surface area contributed by atoms with E-state index >= 15 is 0 Å². The number of aliphatic hydroxyl groups is 1. The first-order valence-electron chi connectivity index (χ1n) is 10.0. The molecule has 9 heteroatoms. The summed E-state index contributed by atoms with van der Waals surface area (Å²) in [6.45, 7) is 6.49. The first-order chi connectivity index (χ1) is 14.8. The fourth-order valence-electron chi connectivity index (χ4n) is 3.80. The van der Waals surface area contributed by atoms with Crippen molar-refractivity contribution in [1.82, 2.24) is 4.90 Å². The summed E-state index contributed by atoms with van der Waals surface area (Å²) in [5.41, 5.74) is 2.68. The van der Waals surface area contributed by atoms with Gasteiger partial charge in [-0.15, -0.1) is 11.3 Å². The number of methoxy groups -OCH3 is 2. The van der Waals surface area contributed by atoms with Gasteiger partial charge in [0.05, 0.1) is 39.0 Å². The molecule has 0 aliphatic carbocycles. The second-order valence-corrected chi connectivity index (χ2v) is 8.53. The summed E-state index contributed by atoms with van der Waals surface area (Å²) in [5.74, 6) is 0.508. The zero-order valence-electron chi connectivity index (χ0n) is 18.4. The van der Waals surface area contributed by atoms with Gasteiger partial charge in [-0.05, 0) is 38.5 Å². The minimum atomic E-state index is -0.817. The minimum Gasteiger partial charge on any atom is -0.496 e. The molecule has 0 saturated heterocycles. The average molecular weight is 449 g/mol. The van der Waals surface area contributed by atoms with Crippen LogP contribution in [0, 0.1) is 13.8 Å². The zero-order valence-corrected chi connectivity index (χ0v) is 19.2. The van der Waals surface area contributed by atoms with E-state index in [0.717, 1.165) is 16.0 Å². The largest absolute Gasteiger partial charge is 0.496 e. The topological polar surface area (TPSA) is 97.3 Å². The van der Waals surface area contributed by atoms with Gasteiger partial charge in [0.2, 0.25) is 5.91 Å². The predicted molar refractivity (Wildman–Crippen MR) is 118 cm³/mol. The van der Waals surface area contributed by atoms with E-state index in [4.69, 9.17) is 14.2 Å². The number of nitrogens with zero attached hydrogens (tertiary/aromatic N) is 1. The highest BCUT2D eigenvalue weighted by atomic mass is 32.1. The molecule has 1 aromatic heterocycles. The standard InChI is InChI=1S/C22H28N2O6S/c1-6-30-22(27)19-12(2)13(3)31-21(19)23-18(26)11-24-9-14-16(28-4)7-8-17(29-5)20(14)15(25)10-24/h7-8,15,25H,6,9-11H2,1-5H3,(H,23,26)/t15-/m1/s1. The lowest BCUT2D eigenvalue weighted by atomic mass is 9.95. The van der Waals surface area contributed by atoms with Crippen LogP contribution < -0.4 is 14.8 Å². The number of anilines is 1. The number of thiophene rings is 1. The maximum absolute atomic E-state index is 12.8. The number of fused-ring (bicyclic) bond motifs is 1. The predicted octanol–water partition coefficient (Wildman–Crippen LogP) is 3.05. The number of carbonyl (C=O) groups is 2. The van der Waals surface area contributed by atoms with Gasteiger partial charge in [-0.25, -0.2) is 4.79 Å². The Morgan fingerprint density at radius 1 is 1.23 bits per heavy atom. The number of esters is 1. The second kappa shape index (κ2) is 9.67. The molecule has 31 heavy (non-hydrogen) atoms. The van der Waals surface area contributed by atoms with Crippen LogP contribution in [0.15, 0.2) is 12.1 Å². The van der Waals surface area contributed by atoms with Crippen molar-refractivity contribution in [3.05, 3.63) is 39.3 Å². The van der Waals surface area contributed by atoms with E-state index in [1.54, 1.807) is 33.3 Å². The Kier molecular flexibility index (Phi) is 7.19. The maximum atomic E-state index is 12.8. The van der Waals surface area contributed by atoms with E-state index in [1.807, 2.05) is 18.7 Å². The summed E-state index contributed by atoms with van der Waals surface area (Å²) < 4.78 is 16.0. The molecule has 0 unspecified atom stereocenters. The van der Waals surface area contributed by atoms with Crippen molar-refractivity contribution in [2.75, 3.05) is 39.2 Å². The Bertz CT molecular complexity index is 987. The normalized spacial score (nSPS) is 15.9. The van der Waals surface area contributed by atoms with Crippen molar-refractivity contribution in [3.63, 3.8) is 0 Å². The summed E-state index contributed by atoms with van der Waals surface area (Å²) in [6.07, 6.45) is -0.817. The Morgan fingerprint density at radius 2 is 1.90 bits per heavy atom. The van der Waals surface area contributed by atoms with Crippen molar-refractivity contribution in [2.24, 2.45) is 0 Å². The quantitative estimate of drug-likeness (QED) is 0.629. The number of rotatable bonds is 7. The third-order valence-electron chi connectivity index (χ3n) is 5.35. The van der Waals surface area contributed by atoms with Gasteiger partial charge in [0.1, 0.15) is 16.5 Å². The monoisotopic (exact) mass is 448 g/mol. The molecule has 0 spiro atoms. The molecule has 0 radical (unpaired) electrons. The Balaban J connectivity index is 1.78. The number of aliphatic hydroxyl groups excluding tert-OH is 1. The third kappa shape index (κ3) is 4.68. The van der Waals surface area contributed by atoms with Crippen molar-refractivity contribution >= 4 is 28.2 Å². The molecule has 1 aliphatic rings. The molecule has 0 saturated carbocycles. The van der Waals surface area contributed by atoms with Crippen LogP contribution >= 0.6 is 11.3 Å². The number of amides is 1. The van der Waals surface area contributed by atoms with Gasteiger partial charge >= 0.3 is 5.97 Å². The molecule has 2 N–H and O–H groups in total. The molecule has 1 aliphatic heterocycles. The van der Waals surface area contributed by atoms with Crippen LogP contribution in [-0.2, 0) is 16.1 Å². The summed E-state index contributed by atoms with van der Waals surface area (Å²) in [5, 5.41) is 14.0. The van der Waals surface area contributed by atoms with Gasteiger partial charge in [0.15, 0.2) is 0 Å². The van der Waals surface area contributed by atoms with Crippen LogP contribution in [0.5, 0.6) is 11.5 Å². The molecule has 0 fully saturated rings. The molecule has 8 nitrogen and oxygen atoms in total. The number of hydrogen-bond acceptors (Lipinski definition) is 8. The van der Waals surface area contributed by atoms with E-state index in [0.29, 0.717) is 34.2 Å². The molecule has 2 heterocycles. The SMILES string of the molecule is CCOC(=O)c1c(NC(=O)CN2Cc3c(OC)ccc(OC)c3[C@H](O)C2)sc(C)c1C. The third-order valence-corrected chi connectivity index (χ3v) is 6.47. The van der Waals surface area contributed by atoms with Crippen LogP contribution in [0.1, 0.15) is 45.0 Å². The van der Waals surface area contributed by atoms with Crippen molar-refractivity contribution < 1.29 is 28.9 Å². The van der Waals surface area contributed by atoms with Gasteiger partial charge < -0.3 is 24.6 Å². The van der Waals surface area contributed by atoms with Gasteiger partial charge in [-0.2, -0.15) is 0 Å². The molecule has 168 valence electrons. The van der Waals surface area contributed by atoms with Crippen LogP contribution in [0.3, 0.4) is 0 Å². The molecular formula is C22H28N2O6S. The smallest absolute Gasteiger partial charge is 0.341 e. The minimum absolute atomic E-state index is 0.0507. The summed E-state index contributed by atoms with van der Waals surface area (Å²) in [6, 6.07) is 3.55. The number of β-amino-alcohol motifs (C(OH)–C–C–N with tert-alkyl or cyclic N) is 1. The number of benzene rings is 1. The second-order valence-electron chi connectivity index (χ2n) is 7.30. The van der Waals surface area contributed by atoms with Crippen molar-refractivity contribution in [2.45, 2.75) is 33.4 Å². The van der Waals surface area contributed by atoms with Crippen LogP contribution in [0.25, 0.3) is 0 Å². The molecular weight excluding hydrogens is 420 g/mol. The van der Waals surface area contributed by atoms with Gasteiger partial charge in [0.25, 0.3) is 0 Å². The van der Waals surface area contributed by atoms with Crippen LogP contribution in [0.4, 0.5) is 5.00 Å². The molecule has 1 atom stereocenters. The van der Waals surface area contributed by atoms with Crippen LogP contribution in [0.2, 0.25) is 0 Å². The fraction of sp³-hybridized carbons (Fsp3) is 0.455. The van der Waals surface area contributed by atoms with Gasteiger partial charge in [-0.3, -0.25) is 9.69 Å². The maximum Gasteiger partial charge on any atom is 0.341 e. The van der Waals surface area contributed by atoms with E-state index in [2.05, 4.69) is 5.32 Å². The number of carbonyl (C=O) groups excluding carboxylic acids is 2. The number of hydrogen-bond donors (Lipinski definition) is 2. The summed E-state index contributed by atoms with van der Waals surface area (Å²) in [4.78, 5) is 27.9. The lowest BCUT2D eigenvalue weighted by Gasteiger charge is -2.33. The first kappa shape index (κ1) is 23.1. The number of ether oxygens (including phenoxy) is 3. The van der Waals surface area contributed by atoms with E-state index in [9.17, 15) is 14.7 Å². The highest BCUT2D eigenvalue weighted by molar-refractivity contribution is 7.16. The van der Waals surface area contributed by atoms with Crippen LogP contribution in [-0.4, -0.2) is 55.8 Å². The highest BCUT2D eigenvalue weighted by Crippen LogP contribution is 2.39. The Hall–Kier alpha value is -2.62. The van der Waals surface area contributed by atoms with Gasteiger partial charge in [0, 0.05) is 29.1 Å². The Labute approximate surface area is 185 Å². The molecule has 3 rings (SSSR count). The highest BCUT2D eigenvalue weighted by Gasteiger charge is 2.31. The van der Waals surface area contributed by atoms with Crippen molar-refractivity contribution in [1.29, 1.82) is 0 Å². The first-order valence-corrected chi connectivity index (χ1v) is 10.8. The molecule has 2 aromatic rings. The average Bonchev–Trinajstić information content (AvgIpc) is 3.00. The lowest BCUT2D eigenvalue weighted by molar-refractivity contribution is -0.117. The van der Waals surface area contributed by atoms with E-state index in [1.165, 1.54) is 11.3 Å². The Morgan fingerprint density at radius 3 is 2.55 bits per heavy atom. The van der Waals surface area contributed by atoms with E-state index in [-0.39, 0.29) is 25.6 Å². The van der Waals surface area contributed by atoms with Crippen molar-refractivity contribution in [3.8, 4) is 11.5 Å².